The van der Waals surface area contributed by atoms with E-state index in [9.17, 15) is 14.4 Å². The molecular formula is C61H55F2N15O5S3+2. The standard InChI is InChI=1S/C61H53F2N15O5S3/c1-59(2,40-76-56(84-39-49(79)67-46-18-10-5-11-19-46)74(38-42-16-8-4-9-17-42)51(71-76)44-26-34-65-35-27-44)83-58(82)78-52(45-28-36-66-37-29-45)72-77(57(78)86-60(30-31-60)53(80)68-47-20-12-6-13-21-47)41-75-50(43-24-32-64-33-25-43)69-70-55(75)85-61(62,63)54(81)73(3)48-22-14-7-15-23-48/h4-29,32-37H,30-31,38-41H2,1-3H3/p+2. The smallest absolute Gasteiger partial charge is 0.421 e. The van der Waals surface area contributed by atoms with E-state index in [1.165, 1.54) is 57.4 Å². The molecule has 2 N–H and O–H groups in total. The number of thioether (sulfide) groups is 3. The number of hydrogen-bond acceptors (Lipinski definition) is 15. The van der Waals surface area contributed by atoms with E-state index >= 15 is 13.6 Å². The Balaban J connectivity index is 1.01. The molecule has 3 amide bonds. The van der Waals surface area contributed by atoms with E-state index in [4.69, 9.17) is 14.9 Å². The number of para-hydroxylation sites is 3. The van der Waals surface area contributed by atoms with Gasteiger partial charge in [0.05, 0.1) is 5.75 Å². The number of halogens is 2. The number of rotatable bonds is 22. The number of hydrogen-bond donors (Lipinski definition) is 2. The largest absolute Gasteiger partial charge is 0.515 e. The lowest BCUT2D eigenvalue weighted by Gasteiger charge is -2.22. The maximum absolute atomic E-state index is 16.6. The van der Waals surface area contributed by atoms with Crippen molar-refractivity contribution in [3.8, 4) is 34.2 Å². The first-order chi connectivity index (χ1) is 41.6. The van der Waals surface area contributed by atoms with Gasteiger partial charge in [0.15, 0.2) is 24.6 Å². The molecular weight excluding hydrogens is 1160 g/mol. The number of amides is 3. The summed E-state index contributed by atoms with van der Waals surface area (Å²) in [5, 5.41) is 21.1. The summed E-state index contributed by atoms with van der Waals surface area (Å²) in [4.78, 5) is 71.1. The van der Waals surface area contributed by atoms with Gasteiger partial charge in [-0.15, -0.1) is 19.6 Å². The first-order valence-electron chi connectivity index (χ1n) is 27.0. The van der Waals surface area contributed by atoms with Crippen LogP contribution in [0.1, 0.15) is 32.3 Å². The lowest BCUT2D eigenvalue weighted by Crippen LogP contribution is -2.50. The summed E-state index contributed by atoms with van der Waals surface area (Å²) < 4.78 is 46.4. The SMILES string of the molecule is CN(C(=O)C(F)(F)Sc1nnc(-c2ccncc2)n1C[n+]1nc(-c2ccncc2)n(C(=O)OC(C)(C)C[n+]2nc(-c3ccncc3)n(Cc3ccccc3)c2SCC(=O)Nc2ccccc2)c1SC1(C(=O)Nc2ccccc2)CC1)c1ccccc1. The fraction of sp³-hybridized carbons (Fsp3) is 0.197. The summed E-state index contributed by atoms with van der Waals surface area (Å²) in [6, 6.07) is 46.2. The molecule has 20 nitrogen and oxygen atoms in total. The van der Waals surface area contributed by atoms with Crippen molar-refractivity contribution in [1.29, 1.82) is 0 Å². The lowest BCUT2D eigenvalue weighted by atomic mass is 10.1. The number of ether oxygens (including phenoxy) is 1. The molecule has 0 unspecified atom stereocenters. The zero-order valence-corrected chi connectivity index (χ0v) is 49.0. The maximum Gasteiger partial charge on any atom is 0.515 e. The van der Waals surface area contributed by atoms with Gasteiger partial charge in [0.1, 0.15) is 11.3 Å². The molecule has 0 aliphatic heterocycles. The van der Waals surface area contributed by atoms with Gasteiger partial charge in [-0.05, 0) is 151 Å². The highest BCUT2D eigenvalue weighted by atomic mass is 32.2. The van der Waals surface area contributed by atoms with E-state index in [-0.39, 0.29) is 63.5 Å². The first kappa shape index (κ1) is 58.3. The van der Waals surface area contributed by atoms with E-state index in [1.807, 2.05) is 71.3 Å². The lowest BCUT2D eigenvalue weighted by molar-refractivity contribution is -0.794. The Bertz CT molecular complexity index is 4020. The van der Waals surface area contributed by atoms with Crippen LogP contribution in [-0.4, -0.2) is 101 Å². The van der Waals surface area contributed by atoms with Crippen molar-refractivity contribution >= 4 is 76.2 Å². The molecule has 86 heavy (non-hydrogen) atoms. The third-order valence-corrected chi connectivity index (χ3v) is 17.1. The summed E-state index contributed by atoms with van der Waals surface area (Å²) in [6.45, 7) is 3.34. The highest BCUT2D eigenvalue weighted by Gasteiger charge is 2.56. The zero-order valence-electron chi connectivity index (χ0n) is 46.6. The van der Waals surface area contributed by atoms with Gasteiger partial charge in [0.2, 0.25) is 17.0 Å². The van der Waals surface area contributed by atoms with Crippen LogP contribution in [0.2, 0.25) is 0 Å². The Morgan fingerprint density at radius 1 is 0.640 bits per heavy atom. The molecule has 4 aromatic carbocycles. The molecule has 0 spiro atoms. The minimum Gasteiger partial charge on any atom is -0.421 e. The summed E-state index contributed by atoms with van der Waals surface area (Å²) in [6.07, 6.45) is 9.27. The number of alkyl halides is 2. The molecule has 11 rings (SSSR count). The van der Waals surface area contributed by atoms with Crippen LogP contribution in [-0.2, 0) is 38.9 Å². The monoisotopic (exact) mass is 1210 g/mol. The maximum atomic E-state index is 16.6. The van der Waals surface area contributed by atoms with Crippen molar-refractivity contribution in [3.63, 3.8) is 0 Å². The number of nitrogens with one attached hydrogen (secondary N) is 2. The van der Waals surface area contributed by atoms with E-state index in [1.54, 1.807) is 122 Å². The molecule has 25 heteroatoms. The minimum absolute atomic E-state index is 0.00981. The normalized spacial score (nSPS) is 12.8. The molecule has 10 aromatic rings. The third-order valence-electron chi connectivity index (χ3n) is 13.6. The van der Waals surface area contributed by atoms with E-state index < -0.39 is 34.3 Å². The number of benzene rings is 4. The van der Waals surface area contributed by atoms with Gasteiger partial charge in [-0.25, -0.2) is 0 Å². The van der Waals surface area contributed by atoms with Crippen molar-refractivity contribution in [1.82, 2.24) is 49.0 Å². The van der Waals surface area contributed by atoms with Crippen LogP contribution in [0, 0.1) is 0 Å². The molecule has 0 saturated heterocycles. The molecule has 434 valence electrons. The van der Waals surface area contributed by atoms with Crippen LogP contribution < -0.4 is 24.9 Å². The molecule has 0 atom stereocenters. The quantitative estimate of drug-likeness (QED) is 0.0477. The van der Waals surface area contributed by atoms with Crippen LogP contribution in [0.4, 0.5) is 30.6 Å². The van der Waals surface area contributed by atoms with E-state index in [0.717, 1.165) is 27.8 Å². The van der Waals surface area contributed by atoms with Gasteiger partial charge in [-0.3, -0.25) is 33.9 Å². The molecule has 1 saturated carbocycles. The Kier molecular flexibility index (Phi) is 17.2. The predicted molar refractivity (Wildman–Crippen MR) is 321 cm³/mol. The van der Waals surface area contributed by atoms with Gasteiger partial charge < -0.3 is 20.3 Å². The third kappa shape index (κ3) is 13.4. The van der Waals surface area contributed by atoms with Crippen LogP contribution in [0.3, 0.4) is 0 Å². The zero-order chi connectivity index (χ0) is 59.8. The summed E-state index contributed by atoms with van der Waals surface area (Å²) in [5.41, 5.74) is 2.58. The van der Waals surface area contributed by atoms with E-state index in [0.29, 0.717) is 52.9 Å². The molecule has 1 aliphatic carbocycles. The number of carbonyl (C=O) groups excluding carboxylic acids is 4. The highest BCUT2D eigenvalue weighted by Crippen LogP contribution is 2.52. The number of nitrogens with zero attached hydrogens (tertiary/aromatic N) is 13. The Labute approximate surface area is 505 Å². The van der Waals surface area contributed by atoms with Crippen molar-refractivity contribution in [3.05, 3.63) is 200 Å². The second-order valence-corrected chi connectivity index (χ2v) is 23.8. The molecule has 6 heterocycles. The van der Waals surface area contributed by atoms with Crippen LogP contribution in [0.25, 0.3) is 34.2 Å². The summed E-state index contributed by atoms with van der Waals surface area (Å²) in [5.74, 6) is -1.41. The van der Waals surface area contributed by atoms with Crippen molar-refractivity contribution in [2.45, 2.75) is 77.5 Å². The molecule has 0 bridgehead atoms. The average Bonchev–Trinajstić information content (AvgIpc) is 1.88. The van der Waals surface area contributed by atoms with Gasteiger partial charge in [0, 0.05) is 78.0 Å². The van der Waals surface area contributed by atoms with Crippen LogP contribution in [0.15, 0.2) is 210 Å². The van der Waals surface area contributed by atoms with Gasteiger partial charge in [-0.1, -0.05) is 89.5 Å². The van der Waals surface area contributed by atoms with Crippen LogP contribution in [0.5, 0.6) is 0 Å². The molecule has 1 aliphatic rings. The van der Waals surface area contributed by atoms with Crippen molar-refractivity contribution < 1.29 is 42.1 Å². The second kappa shape index (κ2) is 25.4. The number of carbonyl (C=O) groups is 4. The Morgan fingerprint density at radius 2 is 1.16 bits per heavy atom. The minimum atomic E-state index is -4.08. The number of pyridine rings is 3. The van der Waals surface area contributed by atoms with Crippen LogP contribution >= 0.6 is 35.3 Å². The highest BCUT2D eigenvalue weighted by molar-refractivity contribution is 8.01. The second-order valence-electron chi connectivity index (χ2n) is 20.4. The summed E-state index contributed by atoms with van der Waals surface area (Å²) in [7, 11) is 1.26. The van der Waals surface area contributed by atoms with Crippen molar-refractivity contribution in [2.75, 3.05) is 28.3 Å². The van der Waals surface area contributed by atoms with Gasteiger partial charge in [0.25, 0.3) is 11.6 Å². The van der Waals surface area contributed by atoms with E-state index in [2.05, 4.69) is 35.8 Å². The molecule has 0 radical (unpaired) electrons. The predicted octanol–water partition coefficient (Wildman–Crippen LogP) is 9.79. The molecule has 1 fully saturated rings. The number of aromatic nitrogens is 12. The fourth-order valence-electron chi connectivity index (χ4n) is 9.19. The Morgan fingerprint density at radius 3 is 1.74 bits per heavy atom. The average molecular weight is 1210 g/mol. The Hall–Kier alpha value is -9.46. The fourth-order valence-corrected chi connectivity index (χ4v) is 12.1. The molecule has 6 aromatic heterocycles. The number of anilines is 3. The topological polar surface area (TPSA) is 218 Å². The summed E-state index contributed by atoms with van der Waals surface area (Å²) >= 11 is 2.23. The van der Waals surface area contributed by atoms with Gasteiger partial charge >= 0.3 is 27.6 Å². The van der Waals surface area contributed by atoms with Gasteiger partial charge in [-0.2, -0.15) is 18.1 Å². The van der Waals surface area contributed by atoms with Crippen molar-refractivity contribution in [2.24, 2.45) is 0 Å². The first-order valence-corrected chi connectivity index (χ1v) is 29.6.